The van der Waals surface area contributed by atoms with E-state index in [2.05, 4.69) is 56.3 Å². The highest BCUT2D eigenvalue weighted by Gasteiger charge is 2.02. The Labute approximate surface area is 92.9 Å². The fourth-order valence-corrected chi connectivity index (χ4v) is 1.75. The van der Waals surface area contributed by atoms with Gasteiger partial charge in [0.25, 0.3) is 0 Å². The van der Waals surface area contributed by atoms with E-state index in [9.17, 15) is 0 Å². The van der Waals surface area contributed by atoms with Crippen LogP contribution in [0.25, 0.3) is 10.8 Å². The van der Waals surface area contributed by atoms with E-state index in [1.807, 2.05) is 0 Å². The Morgan fingerprint density at radius 2 is 1.67 bits per heavy atom. The minimum atomic E-state index is 0. The molecule has 0 aliphatic heterocycles. The summed E-state index contributed by atoms with van der Waals surface area (Å²) < 4.78 is 0. The van der Waals surface area contributed by atoms with Crippen molar-refractivity contribution in [2.24, 2.45) is 0 Å². The molecule has 0 bridgehead atoms. The van der Waals surface area contributed by atoms with Crippen molar-refractivity contribution in [1.29, 1.82) is 0 Å². The van der Waals surface area contributed by atoms with Gasteiger partial charge in [0.05, 0.1) is 0 Å². The smallest absolute Gasteiger partial charge is 0.0181 e. The Morgan fingerprint density at radius 3 is 2.33 bits per heavy atom. The molecule has 0 nitrogen and oxygen atoms in total. The van der Waals surface area contributed by atoms with Crippen LogP contribution < -0.4 is 0 Å². The first-order chi connectivity index (χ1) is 6.81. The van der Waals surface area contributed by atoms with Crippen molar-refractivity contribution in [1.82, 2.24) is 0 Å². The summed E-state index contributed by atoms with van der Waals surface area (Å²) in [6.07, 6.45) is 1.21. The quantitative estimate of drug-likeness (QED) is 0.640. The van der Waals surface area contributed by atoms with Crippen molar-refractivity contribution >= 4 is 10.8 Å². The molecular formula is C15H20. The van der Waals surface area contributed by atoms with Gasteiger partial charge < -0.3 is 0 Å². The molecule has 0 heteroatoms. The summed E-state index contributed by atoms with van der Waals surface area (Å²) >= 11 is 0. The molecule has 0 saturated carbocycles. The molecule has 15 heavy (non-hydrogen) atoms. The third-order valence-electron chi connectivity index (χ3n) is 2.95. The zero-order valence-electron chi connectivity index (χ0n) is 8.83. The molecule has 1 unspecified atom stereocenters. The summed E-state index contributed by atoms with van der Waals surface area (Å²) in [5.74, 6) is 0.666. The standard InChI is InChI=1S/C14H16.CH4/c1-3-11(2)13-9-8-12-6-4-5-7-14(12)10-13;/h4-11H,3H2,1-2H3;1H4. The molecule has 2 aromatic carbocycles. The van der Waals surface area contributed by atoms with Gasteiger partial charge in [0.1, 0.15) is 0 Å². The van der Waals surface area contributed by atoms with E-state index in [1.165, 1.54) is 22.8 Å². The van der Waals surface area contributed by atoms with Gasteiger partial charge >= 0.3 is 0 Å². The first-order valence-corrected chi connectivity index (χ1v) is 5.30. The Bertz CT molecular complexity index is 429. The fourth-order valence-electron chi connectivity index (χ4n) is 1.75. The predicted octanol–water partition coefficient (Wildman–Crippen LogP) is 4.99. The van der Waals surface area contributed by atoms with Crippen LogP contribution in [-0.4, -0.2) is 0 Å². The molecule has 80 valence electrons. The third-order valence-corrected chi connectivity index (χ3v) is 2.95. The fraction of sp³-hybridized carbons (Fsp3) is 0.333. The molecule has 0 radical (unpaired) electrons. The van der Waals surface area contributed by atoms with Crippen LogP contribution in [0.5, 0.6) is 0 Å². The van der Waals surface area contributed by atoms with Gasteiger partial charge in [-0.25, -0.2) is 0 Å². The van der Waals surface area contributed by atoms with Gasteiger partial charge in [0.2, 0.25) is 0 Å². The van der Waals surface area contributed by atoms with Gasteiger partial charge in [-0.05, 0) is 28.7 Å². The van der Waals surface area contributed by atoms with Gasteiger partial charge in [-0.3, -0.25) is 0 Å². The molecule has 2 aromatic rings. The summed E-state index contributed by atoms with van der Waals surface area (Å²) in [6, 6.07) is 15.3. The van der Waals surface area contributed by atoms with E-state index < -0.39 is 0 Å². The van der Waals surface area contributed by atoms with E-state index in [0.29, 0.717) is 5.92 Å². The maximum atomic E-state index is 2.31. The third kappa shape index (κ3) is 2.38. The monoisotopic (exact) mass is 200 g/mol. The van der Waals surface area contributed by atoms with Crippen LogP contribution in [0.15, 0.2) is 42.5 Å². The minimum Gasteiger partial charge on any atom is -0.0776 e. The van der Waals surface area contributed by atoms with Crippen LogP contribution in [0.1, 0.15) is 39.2 Å². The molecule has 2 rings (SSSR count). The van der Waals surface area contributed by atoms with Crippen LogP contribution in [-0.2, 0) is 0 Å². The number of rotatable bonds is 2. The lowest BCUT2D eigenvalue weighted by molar-refractivity contribution is 0.735. The van der Waals surface area contributed by atoms with Gasteiger partial charge in [-0.1, -0.05) is 63.7 Å². The van der Waals surface area contributed by atoms with Gasteiger partial charge in [-0.2, -0.15) is 0 Å². The lowest BCUT2D eigenvalue weighted by Crippen LogP contribution is -1.90. The lowest BCUT2D eigenvalue weighted by atomic mass is 9.96. The average molecular weight is 200 g/mol. The van der Waals surface area contributed by atoms with Crippen LogP contribution in [0.4, 0.5) is 0 Å². The average Bonchev–Trinajstić information content (AvgIpc) is 2.27. The Morgan fingerprint density at radius 1 is 1.00 bits per heavy atom. The largest absolute Gasteiger partial charge is 0.0776 e. The minimum absolute atomic E-state index is 0. The molecule has 0 amide bonds. The van der Waals surface area contributed by atoms with Crippen LogP contribution in [0, 0.1) is 0 Å². The lowest BCUT2D eigenvalue weighted by Gasteiger charge is -2.09. The molecule has 0 aliphatic carbocycles. The van der Waals surface area contributed by atoms with Crippen LogP contribution >= 0.6 is 0 Å². The van der Waals surface area contributed by atoms with E-state index >= 15 is 0 Å². The van der Waals surface area contributed by atoms with Crippen molar-refractivity contribution in [2.45, 2.75) is 33.6 Å². The number of hydrogen-bond acceptors (Lipinski definition) is 0. The number of fused-ring (bicyclic) bond motifs is 1. The SMILES string of the molecule is C.CCC(C)c1ccc2ccccc2c1. The first kappa shape index (κ1) is 11.8. The first-order valence-electron chi connectivity index (χ1n) is 5.30. The van der Waals surface area contributed by atoms with Crippen molar-refractivity contribution in [3.05, 3.63) is 48.0 Å². The van der Waals surface area contributed by atoms with E-state index in [4.69, 9.17) is 0 Å². The second-order valence-corrected chi connectivity index (χ2v) is 3.92. The highest BCUT2D eigenvalue weighted by Crippen LogP contribution is 2.23. The molecule has 0 heterocycles. The van der Waals surface area contributed by atoms with Gasteiger partial charge in [0.15, 0.2) is 0 Å². The predicted molar refractivity (Wildman–Crippen MR) is 69.4 cm³/mol. The van der Waals surface area contributed by atoms with Crippen molar-refractivity contribution in [2.75, 3.05) is 0 Å². The second-order valence-electron chi connectivity index (χ2n) is 3.92. The molecule has 0 aliphatic rings. The van der Waals surface area contributed by atoms with Crippen LogP contribution in [0.3, 0.4) is 0 Å². The normalized spacial score (nSPS) is 12.1. The molecule has 1 atom stereocenters. The summed E-state index contributed by atoms with van der Waals surface area (Å²) in [5.41, 5.74) is 1.45. The summed E-state index contributed by atoms with van der Waals surface area (Å²) in [5, 5.41) is 2.69. The van der Waals surface area contributed by atoms with Crippen LogP contribution in [0.2, 0.25) is 0 Å². The molecule has 0 aromatic heterocycles. The van der Waals surface area contributed by atoms with Crippen molar-refractivity contribution in [3.63, 3.8) is 0 Å². The zero-order valence-corrected chi connectivity index (χ0v) is 8.83. The summed E-state index contributed by atoms with van der Waals surface area (Å²) in [6.45, 7) is 4.52. The molecule has 0 saturated heterocycles. The van der Waals surface area contributed by atoms with E-state index in [1.54, 1.807) is 0 Å². The molecule has 0 fully saturated rings. The van der Waals surface area contributed by atoms with E-state index in [0.717, 1.165) is 0 Å². The number of benzene rings is 2. The van der Waals surface area contributed by atoms with Gasteiger partial charge in [0, 0.05) is 0 Å². The number of hydrogen-bond donors (Lipinski definition) is 0. The highest BCUT2D eigenvalue weighted by atomic mass is 14.1. The van der Waals surface area contributed by atoms with E-state index in [-0.39, 0.29) is 7.43 Å². The summed E-state index contributed by atoms with van der Waals surface area (Å²) in [4.78, 5) is 0. The summed E-state index contributed by atoms with van der Waals surface area (Å²) in [7, 11) is 0. The highest BCUT2D eigenvalue weighted by molar-refractivity contribution is 5.83. The van der Waals surface area contributed by atoms with Gasteiger partial charge in [-0.15, -0.1) is 0 Å². The van der Waals surface area contributed by atoms with Crippen molar-refractivity contribution in [3.8, 4) is 0 Å². The molecular weight excluding hydrogens is 180 g/mol. The molecule has 0 spiro atoms. The maximum absolute atomic E-state index is 2.31. The Kier molecular flexibility index (Phi) is 3.90. The Hall–Kier alpha value is -1.30. The Balaban J connectivity index is 0.00000112. The zero-order chi connectivity index (χ0) is 9.97. The molecule has 0 N–H and O–H groups in total. The van der Waals surface area contributed by atoms with Crippen molar-refractivity contribution < 1.29 is 0 Å². The maximum Gasteiger partial charge on any atom is -0.0181 e. The second kappa shape index (κ2) is 4.97. The topological polar surface area (TPSA) is 0 Å².